The van der Waals surface area contributed by atoms with Crippen LogP contribution in [0.2, 0.25) is 0 Å². The van der Waals surface area contributed by atoms with Crippen LogP contribution in [-0.2, 0) is 34.6 Å². The Morgan fingerprint density at radius 3 is 2.16 bits per heavy atom. The largest absolute Gasteiger partial charge is 0.460 e. The molecule has 0 bridgehead atoms. The lowest BCUT2D eigenvalue weighted by atomic mass is 10.4. The summed E-state index contributed by atoms with van der Waals surface area (Å²) in [5, 5.41) is 0. The summed E-state index contributed by atoms with van der Waals surface area (Å²) >= 11 is 0. The van der Waals surface area contributed by atoms with Crippen molar-refractivity contribution >= 4 is 16.9 Å². The molecule has 1 aliphatic heterocycles. The molecule has 1 aliphatic rings. The van der Waals surface area contributed by atoms with E-state index in [4.69, 9.17) is 18.9 Å². The molecule has 0 atom stereocenters. The first-order chi connectivity index (χ1) is 9.33. The summed E-state index contributed by atoms with van der Waals surface area (Å²) < 4.78 is 20.5. The predicted molar refractivity (Wildman–Crippen MR) is 75.7 cm³/mol. The molecule has 0 unspecified atom stereocenters. The van der Waals surface area contributed by atoms with E-state index in [9.17, 15) is 4.79 Å². The number of carbonyl (C=O) groups excluding carboxylic acids is 1. The van der Waals surface area contributed by atoms with Gasteiger partial charge in [-0.15, -0.1) is 0 Å². The van der Waals surface area contributed by atoms with Gasteiger partial charge in [0.05, 0.1) is 33.0 Å². The fourth-order valence-electron chi connectivity index (χ4n) is 1.75. The third-order valence-corrected chi connectivity index (χ3v) is 5.11. The highest BCUT2D eigenvalue weighted by Crippen LogP contribution is 2.13. The number of ether oxygens (including phenoxy) is 4. The lowest BCUT2D eigenvalue weighted by Crippen LogP contribution is -2.22. The van der Waals surface area contributed by atoms with E-state index in [-0.39, 0.29) is 16.9 Å². The standard InChI is InChI=1S/C13H25O5S/c1-15-4-5-16-6-7-17-8-9-18-13(14)12-19-10-2-3-11-19/h2-12H2,1H3/q+1. The van der Waals surface area contributed by atoms with Gasteiger partial charge in [-0.05, 0) is 23.7 Å². The van der Waals surface area contributed by atoms with Crippen molar-refractivity contribution in [2.24, 2.45) is 0 Å². The quantitative estimate of drug-likeness (QED) is 0.317. The zero-order valence-electron chi connectivity index (χ0n) is 11.7. The van der Waals surface area contributed by atoms with Crippen molar-refractivity contribution in [1.82, 2.24) is 0 Å². The number of hydrogen-bond donors (Lipinski definition) is 0. The van der Waals surface area contributed by atoms with Crippen molar-refractivity contribution in [3.8, 4) is 0 Å². The van der Waals surface area contributed by atoms with Crippen LogP contribution in [0.4, 0.5) is 0 Å². The van der Waals surface area contributed by atoms with Crippen LogP contribution in [0.1, 0.15) is 12.8 Å². The highest BCUT2D eigenvalue weighted by molar-refractivity contribution is 7.97. The summed E-state index contributed by atoms with van der Waals surface area (Å²) in [6.45, 7) is 3.02. The van der Waals surface area contributed by atoms with E-state index < -0.39 is 0 Å². The zero-order valence-corrected chi connectivity index (χ0v) is 12.5. The van der Waals surface area contributed by atoms with Crippen LogP contribution in [0.15, 0.2) is 0 Å². The molecule has 0 saturated carbocycles. The second-order valence-corrected chi connectivity index (χ2v) is 6.64. The maximum atomic E-state index is 11.5. The van der Waals surface area contributed by atoms with Crippen molar-refractivity contribution < 1.29 is 23.7 Å². The molecular weight excluding hydrogens is 268 g/mol. The summed E-state index contributed by atoms with van der Waals surface area (Å²) in [7, 11) is 1.92. The molecular formula is C13H25O5S+. The Kier molecular flexibility index (Phi) is 10.2. The second kappa shape index (κ2) is 11.5. The predicted octanol–water partition coefficient (Wildman–Crippen LogP) is 0.621. The van der Waals surface area contributed by atoms with Gasteiger partial charge in [-0.25, -0.2) is 4.79 Å². The lowest BCUT2D eigenvalue weighted by molar-refractivity contribution is -0.142. The third kappa shape index (κ3) is 9.27. The minimum atomic E-state index is -0.0785. The van der Waals surface area contributed by atoms with Crippen molar-refractivity contribution in [2.45, 2.75) is 12.8 Å². The first kappa shape index (κ1) is 16.8. The molecule has 0 aromatic carbocycles. The van der Waals surface area contributed by atoms with Gasteiger partial charge in [0.25, 0.3) is 0 Å². The monoisotopic (exact) mass is 293 g/mol. The summed E-state index contributed by atoms with van der Waals surface area (Å²) in [6, 6.07) is 0. The van der Waals surface area contributed by atoms with Crippen LogP contribution in [0.5, 0.6) is 0 Å². The molecule has 5 nitrogen and oxygen atoms in total. The topological polar surface area (TPSA) is 54.0 Å². The van der Waals surface area contributed by atoms with Gasteiger partial charge in [0.2, 0.25) is 5.75 Å². The maximum absolute atomic E-state index is 11.5. The van der Waals surface area contributed by atoms with E-state index in [0.717, 1.165) is 0 Å². The number of carbonyl (C=O) groups is 1. The number of esters is 1. The van der Waals surface area contributed by atoms with Crippen molar-refractivity contribution in [3.05, 3.63) is 0 Å². The number of rotatable bonds is 11. The normalized spacial score (nSPS) is 15.8. The van der Waals surface area contributed by atoms with Gasteiger partial charge < -0.3 is 18.9 Å². The fourth-order valence-corrected chi connectivity index (χ4v) is 3.88. The zero-order chi connectivity index (χ0) is 13.8. The molecule has 1 saturated heterocycles. The minimum absolute atomic E-state index is 0.0785. The second-order valence-electron chi connectivity index (χ2n) is 4.31. The van der Waals surface area contributed by atoms with Gasteiger partial charge in [0, 0.05) is 7.11 Å². The van der Waals surface area contributed by atoms with Crippen LogP contribution >= 0.6 is 0 Å². The number of methoxy groups -OCH3 is 1. The summed E-state index contributed by atoms with van der Waals surface area (Å²) in [4.78, 5) is 11.5. The molecule has 19 heavy (non-hydrogen) atoms. The average molecular weight is 293 g/mol. The highest BCUT2D eigenvalue weighted by Gasteiger charge is 2.27. The van der Waals surface area contributed by atoms with Crippen molar-refractivity contribution in [1.29, 1.82) is 0 Å². The molecule has 0 aromatic heterocycles. The molecule has 0 aromatic rings. The smallest absolute Gasteiger partial charge is 0.356 e. The Labute approximate surface area is 118 Å². The SMILES string of the molecule is COCCOCCOCCOC(=O)C[S+]1CCCC1. The minimum Gasteiger partial charge on any atom is -0.460 e. The number of hydrogen-bond acceptors (Lipinski definition) is 5. The summed E-state index contributed by atoms with van der Waals surface area (Å²) in [5.74, 6) is 2.92. The fraction of sp³-hybridized carbons (Fsp3) is 0.923. The molecule has 1 fully saturated rings. The summed E-state index contributed by atoms with van der Waals surface area (Å²) in [5.41, 5.74) is 0. The average Bonchev–Trinajstić information content (AvgIpc) is 2.89. The van der Waals surface area contributed by atoms with Gasteiger partial charge in [0.1, 0.15) is 18.1 Å². The molecule has 0 spiro atoms. The van der Waals surface area contributed by atoms with Crippen LogP contribution in [0, 0.1) is 0 Å². The molecule has 0 amide bonds. The van der Waals surface area contributed by atoms with Gasteiger partial charge in [-0.1, -0.05) is 0 Å². The van der Waals surface area contributed by atoms with E-state index in [0.29, 0.717) is 45.4 Å². The molecule has 0 aliphatic carbocycles. The summed E-state index contributed by atoms with van der Waals surface area (Å²) in [6.07, 6.45) is 2.53. The third-order valence-electron chi connectivity index (χ3n) is 2.73. The van der Waals surface area contributed by atoms with Gasteiger partial charge in [0.15, 0.2) is 0 Å². The van der Waals surface area contributed by atoms with Gasteiger partial charge in [-0.2, -0.15) is 0 Å². The van der Waals surface area contributed by atoms with Gasteiger partial charge in [-0.3, -0.25) is 0 Å². The van der Waals surface area contributed by atoms with E-state index >= 15 is 0 Å². The van der Waals surface area contributed by atoms with Gasteiger partial charge >= 0.3 is 5.97 Å². The Morgan fingerprint density at radius 1 is 0.947 bits per heavy atom. The van der Waals surface area contributed by atoms with Crippen LogP contribution < -0.4 is 0 Å². The van der Waals surface area contributed by atoms with Crippen LogP contribution in [0.3, 0.4) is 0 Å². The van der Waals surface area contributed by atoms with E-state index in [1.807, 2.05) is 0 Å². The van der Waals surface area contributed by atoms with E-state index in [1.165, 1.54) is 24.3 Å². The molecule has 1 heterocycles. The van der Waals surface area contributed by atoms with Crippen molar-refractivity contribution in [3.63, 3.8) is 0 Å². The van der Waals surface area contributed by atoms with Crippen LogP contribution in [0.25, 0.3) is 0 Å². The van der Waals surface area contributed by atoms with E-state index in [2.05, 4.69) is 0 Å². The van der Waals surface area contributed by atoms with Crippen molar-refractivity contribution in [2.75, 3.05) is 64.0 Å². The molecule has 1 rings (SSSR count). The Bertz CT molecular complexity index is 231. The van der Waals surface area contributed by atoms with E-state index in [1.54, 1.807) is 7.11 Å². The Balaban J connectivity index is 1.80. The first-order valence-corrected chi connectivity index (χ1v) is 8.50. The lowest BCUT2D eigenvalue weighted by Gasteiger charge is -2.06. The molecule has 112 valence electrons. The Hall–Kier alpha value is -0.300. The first-order valence-electron chi connectivity index (χ1n) is 6.77. The molecule has 6 heteroatoms. The molecule has 0 radical (unpaired) electrons. The Morgan fingerprint density at radius 2 is 1.53 bits per heavy atom. The highest BCUT2D eigenvalue weighted by atomic mass is 32.2. The molecule has 0 N–H and O–H groups in total. The van der Waals surface area contributed by atoms with Crippen LogP contribution in [-0.4, -0.2) is 70.0 Å². The maximum Gasteiger partial charge on any atom is 0.356 e.